The zero-order valence-corrected chi connectivity index (χ0v) is 15.6. The second kappa shape index (κ2) is 8.77. The molecule has 1 aliphatic heterocycles. The monoisotopic (exact) mass is 370 g/mol. The summed E-state index contributed by atoms with van der Waals surface area (Å²) in [5, 5.41) is 14.0. The van der Waals surface area contributed by atoms with Crippen LogP contribution in [-0.2, 0) is 11.3 Å². The third kappa shape index (κ3) is 5.37. The highest BCUT2D eigenvalue weighted by atomic mass is 16.6. The van der Waals surface area contributed by atoms with Gasteiger partial charge in [0.05, 0.1) is 12.7 Å². The van der Waals surface area contributed by atoms with Crippen LogP contribution in [0.25, 0.3) is 0 Å². The van der Waals surface area contributed by atoms with Gasteiger partial charge in [0, 0.05) is 31.4 Å². The van der Waals surface area contributed by atoms with E-state index >= 15 is 0 Å². The van der Waals surface area contributed by atoms with Crippen LogP contribution in [-0.4, -0.2) is 48.4 Å². The minimum Gasteiger partial charge on any atom is -0.497 e. The number of ether oxygens (including phenoxy) is 2. The molecule has 0 radical (unpaired) electrons. The lowest BCUT2D eigenvalue weighted by Crippen LogP contribution is -2.50. The second-order valence-electron chi connectivity index (χ2n) is 6.84. The molecule has 6 nitrogen and oxygen atoms in total. The van der Waals surface area contributed by atoms with E-state index in [-0.39, 0.29) is 12.7 Å². The number of rotatable bonds is 6. The van der Waals surface area contributed by atoms with Gasteiger partial charge < -0.3 is 24.8 Å². The molecule has 1 fully saturated rings. The summed E-state index contributed by atoms with van der Waals surface area (Å²) in [6.07, 6.45) is 0.677. The average Bonchev–Trinajstić information content (AvgIpc) is 2.72. The van der Waals surface area contributed by atoms with Gasteiger partial charge in [-0.05, 0) is 30.5 Å². The number of piperidine rings is 1. The van der Waals surface area contributed by atoms with Gasteiger partial charge in [0.1, 0.15) is 12.4 Å². The van der Waals surface area contributed by atoms with Crippen LogP contribution in [0, 0.1) is 0 Å². The molecular weight excluding hydrogens is 344 g/mol. The van der Waals surface area contributed by atoms with Gasteiger partial charge in [0.2, 0.25) is 0 Å². The maximum atomic E-state index is 12.2. The average molecular weight is 370 g/mol. The van der Waals surface area contributed by atoms with Crippen LogP contribution in [0.2, 0.25) is 0 Å². The molecule has 27 heavy (non-hydrogen) atoms. The number of methoxy groups -OCH3 is 1. The van der Waals surface area contributed by atoms with Crippen molar-refractivity contribution in [2.24, 2.45) is 0 Å². The number of benzene rings is 2. The first kappa shape index (κ1) is 19.0. The zero-order chi connectivity index (χ0) is 19.1. The minimum absolute atomic E-state index is 0.262. The van der Waals surface area contributed by atoms with Crippen LogP contribution >= 0.6 is 0 Å². The number of nitrogens with one attached hydrogen (secondary N) is 1. The summed E-state index contributed by atoms with van der Waals surface area (Å²) in [5.41, 5.74) is 1.01. The molecule has 6 heteroatoms. The maximum absolute atomic E-state index is 12.2. The number of likely N-dealkylation sites (tertiary alicyclic amines) is 1. The SMILES string of the molecule is COc1cccc(NCC2(O)CCN(C(=O)OCc3ccccc3)CC2)c1. The summed E-state index contributed by atoms with van der Waals surface area (Å²) in [6, 6.07) is 17.2. The number of anilines is 1. The van der Waals surface area contributed by atoms with Crippen molar-refractivity contribution < 1.29 is 19.4 Å². The number of amides is 1. The van der Waals surface area contributed by atoms with E-state index in [1.807, 2.05) is 54.6 Å². The van der Waals surface area contributed by atoms with Gasteiger partial charge in [-0.15, -0.1) is 0 Å². The smallest absolute Gasteiger partial charge is 0.410 e. The Labute approximate surface area is 159 Å². The number of carbonyl (C=O) groups is 1. The number of nitrogens with zero attached hydrogens (tertiary/aromatic N) is 1. The molecule has 0 spiro atoms. The summed E-state index contributed by atoms with van der Waals surface area (Å²) >= 11 is 0. The van der Waals surface area contributed by atoms with E-state index in [0.717, 1.165) is 17.0 Å². The molecule has 1 heterocycles. The molecule has 2 N–H and O–H groups in total. The molecule has 0 atom stereocenters. The summed E-state index contributed by atoms with van der Waals surface area (Å²) in [7, 11) is 1.62. The Kier molecular flexibility index (Phi) is 6.19. The summed E-state index contributed by atoms with van der Waals surface area (Å²) < 4.78 is 10.6. The Morgan fingerprint density at radius 2 is 1.89 bits per heavy atom. The first-order chi connectivity index (χ1) is 13.1. The molecule has 1 amide bonds. The molecule has 0 bridgehead atoms. The van der Waals surface area contributed by atoms with E-state index in [4.69, 9.17) is 9.47 Å². The van der Waals surface area contributed by atoms with Crippen molar-refractivity contribution in [1.82, 2.24) is 4.90 Å². The third-order valence-corrected chi connectivity index (χ3v) is 4.85. The summed E-state index contributed by atoms with van der Waals surface area (Å²) in [5.74, 6) is 0.767. The Balaban J connectivity index is 1.44. The third-order valence-electron chi connectivity index (χ3n) is 4.85. The standard InChI is InChI=1S/C21H26N2O4/c1-26-19-9-5-8-18(14-19)22-16-21(25)10-12-23(13-11-21)20(24)27-15-17-6-3-2-4-7-17/h2-9,14,22,25H,10-13,15-16H2,1H3. The Morgan fingerprint density at radius 1 is 1.15 bits per heavy atom. The predicted octanol–water partition coefficient (Wildman–Crippen LogP) is 3.27. The first-order valence-corrected chi connectivity index (χ1v) is 9.14. The van der Waals surface area contributed by atoms with E-state index in [1.54, 1.807) is 12.0 Å². The lowest BCUT2D eigenvalue weighted by atomic mass is 9.91. The minimum atomic E-state index is -0.848. The molecule has 0 aliphatic carbocycles. The normalized spacial score (nSPS) is 15.9. The Morgan fingerprint density at radius 3 is 2.59 bits per heavy atom. The molecule has 0 saturated carbocycles. The highest BCUT2D eigenvalue weighted by molar-refractivity contribution is 5.67. The van der Waals surface area contributed by atoms with Crippen molar-refractivity contribution in [2.45, 2.75) is 25.0 Å². The van der Waals surface area contributed by atoms with Crippen LogP contribution in [0.3, 0.4) is 0 Å². The summed E-state index contributed by atoms with van der Waals surface area (Å²) in [6.45, 7) is 1.64. The van der Waals surface area contributed by atoms with Crippen molar-refractivity contribution in [3.63, 3.8) is 0 Å². The van der Waals surface area contributed by atoms with E-state index in [2.05, 4.69) is 5.32 Å². The quantitative estimate of drug-likeness (QED) is 0.817. The van der Waals surface area contributed by atoms with E-state index in [9.17, 15) is 9.90 Å². The number of aliphatic hydroxyl groups is 1. The van der Waals surface area contributed by atoms with Crippen molar-refractivity contribution in [2.75, 3.05) is 32.1 Å². The Hall–Kier alpha value is -2.73. The van der Waals surface area contributed by atoms with Gasteiger partial charge in [-0.1, -0.05) is 36.4 Å². The van der Waals surface area contributed by atoms with Crippen LogP contribution < -0.4 is 10.1 Å². The van der Waals surface area contributed by atoms with Gasteiger partial charge in [-0.3, -0.25) is 0 Å². The zero-order valence-electron chi connectivity index (χ0n) is 15.6. The fourth-order valence-corrected chi connectivity index (χ4v) is 3.09. The molecule has 0 unspecified atom stereocenters. The van der Waals surface area contributed by atoms with E-state index in [0.29, 0.717) is 32.5 Å². The van der Waals surface area contributed by atoms with Crippen molar-refractivity contribution in [1.29, 1.82) is 0 Å². The largest absolute Gasteiger partial charge is 0.497 e. The topological polar surface area (TPSA) is 71.0 Å². The highest BCUT2D eigenvalue weighted by Crippen LogP contribution is 2.24. The fraction of sp³-hybridized carbons (Fsp3) is 0.381. The summed E-state index contributed by atoms with van der Waals surface area (Å²) in [4.78, 5) is 13.9. The fourth-order valence-electron chi connectivity index (χ4n) is 3.09. The van der Waals surface area contributed by atoms with Gasteiger partial charge in [-0.25, -0.2) is 4.79 Å². The van der Waals surface area contributed by atoms with E-state index < -0.39 is 5.60 Å². The second-order valence-corrected chi connectivity index (χ2v) is 6.84. The molecular formula is C21H26N2O4. The molecule has 1 aliphatic rings. The number of hydrogen-bond donors (Lipinski definition) is 2. The van der Waals surface area contributed by atoms with Crippen LogP contribution in [0.15, 0.2) is 54.6 Å². The molecule has 1 saturated heterocycles. The van der Waals surface area contributed by atoms with E-state index in [1.165, 1.54) is 0 Å². The first-order valence-electron chi connectivity index (χ1n) is 9.14. The number of carbonyl (C=O) groups excluding carboxylic acids is 1. The molecule has 2 aromatic carbocycles. The molecule has 3 rings (SSSR count). The molecule has 144 valence electrons. The Bertz CT molecular complexity index is 743. The number of hydrogen-bond acceptors (Lipinski definition) is 5. The van der Waals surface area contributed by atoms with Crippen LogP contribution in [0.4, 0.5) is 10.5 Å². The predicted molar refractivity (Wildman–Crippen MR) is 104 cm³/mol. The lowest BCUT2D eigenvalue weighted by molar-refractivity contribution is -0.0110. The molecule has 0 aromatic heterocycles. The van der Waals surface area contributed by atoms with Crippen LogP contribution in [0.1, 0.15) is 18.4 Å². The maximum Gasteiger partial charge on any atom is 0.410 e. The van der Waals surface area contributed by atoms with Gasteiger partial charge >= 0.3 is 6.09 Å². The lowest BCUT2D eigenvalue weighted by Gasteiger charge is -2.37. The van der Waals surface area contributed by atoms with Gasteiger partial charge in [-0.2, -0.15) is 0 Å². The van der Waals surface area contributed by atoms with Gasteiger partial charge in [0.25, 0.3) is 0 Å². The highest BCUT2D eigenvalue weighted by Gasteiger charge is 2.34. The van der Waals surface area contributed by atoms with Crippen molar-refractivity contribution >= 4 is 11.8 Å². The van der Waals surface area contributed by atoms with Crippen molar-refractivity contribution in [3.05, 3.63) is 60.2 Å². The van der Waals surface area contributed by atoms with Crippen molar-refractivity contribution in [3.8, 4) is 5.75 Å². The van der Waals surface area contributed by atoms with Crippen LogP contribution in [0.5, 0.6) is 5.75 Å². The van der Waals surface area contributed by atoms with Gasteiger partial charge in [0.15, 0.2) is 0 Å². The molecule has 2 aromatic rings.